The number of ether oxygens (including phenoxy) is 4. The van der Waals surface area contributed by atoms with Crippen LogP contribution in [-0.2, 0) is 14.9 Å². The van der Waals surface area contributed by atoms with E-state index in [2.05, 4.69) is 6.07 Å². The van der Waals surface area contributed by atoms with Crippen molar-refractivity contribution in [2.75, 3.05) is 28.4 Å². The van der Waals surface area contributed by atoms with Gasteiger partial charge in [0.25, 0.3) is 0 Å². The molecule has 1 aromatic carbocycles. The normalized spacial score (nSPS) is 18.8. The second-order valence-corrected chi connectivity index (χ2v) is 4.94. The Bertz CT molecular complexity index is 523. The zero-order chi connectivity index (χ0) is 14.8. The lowest BCUT2D eigenvalue weighted by molar-refractivity contribution is -0.269. The summed E-state index contributed by atoms with van der Waals surface area (Å²) in [6.45, 7) is 0. The molecule has 0 amide bonds. The van der Waals surface area contributed by atoms with Gasteiger partial charge in [0.2, 0.25) is 0 Å². The highest BCUT2D eigenvalue weighted by Gasteiger charge is 2.57. The highest BCUT2D eigenvalue weighted by molar-refractivity contribution is 5.48. The van der Waals surface area contributed by atoms with Crippen LogP contribution in [0.25, 0.3) is 0 Å². The molecule has 0 saturated heterocycles. The Balaban J connectivity index is 2.34. The fourth-order valence-corrected chi connectivity index (χ4v) is 2.72. The van der Waals surface area contributed by atoms with Crippen molar-refractivity contribution in [3.63, 3.8) is 0 Å². The standard InChI is InChI=1S/C15H19NO4/c1-17-12-6-5-11(7-13(12)18-2)14(10-16)8-15(9-14,19-3)20-4/h5-7H,8-9H2,1-4H3. The summed E-state index contributed by atoms with van der Waals surface area (Å²) in [5.74, 6) is 0.600. The maximum Gasteiger partial charge on any atom is 0.171 e. The van der Waals surface area contributed by atoms with E-state index in [1.54, 1.807) is 28.4 Å². The van der Waals surface area contributed by atoms with E-state index in [0.29, 0.717) is 24.3 Å². The Morgan fingerprint density at radius 3 is 2.05 bits per heavy atom. The first-order valence-electron chi connectivity index (χ1n) is 6.33. The van der Waals surface area contributed by atoms with Crippen molar-refractivity contribution in [1.29, 1.82) is 5.26 Å². The van der Waals surface area contributed by atoms with Gasteiger partial charge in [-0.15, -0.1) is 0 Å². The largest absolute Gasteiger partial charge is 0.493 e. The minimum atomic E-state index is -0.664. The summed E-state index contributed by atoms with van der Waals surface area (Å²) in [6.07, 6.45) is 0.998. The van der Waals surface area contributed by atoms with E-state index in [-0.39, 0.29) is 0 Å². The van der Waals surface area contributed by atoms with Crippen LogP contribution in [0.5, 0.6) is 11.5 Å². The number of hydrogen-bond acceptors (Lipinski definition) is 5. The van der Waals surface area contributed by atoms with E-state index in [4.69, 9.17) is 18.9 Å². The average molecular weight is 277 g/mol. The van der Waals surface area contributed by atoms with Crippen molar-refractivity contribution < 1.29 is 18.9 Å². The quantitative estimate of drug-likeness (QED) is 0.772. The molecule has 0 N–H and O–H groups in total. The van der Waals surface area contributed by atoms with Crippen LogP contribution in [0.2, 0.25) is 0 Å². The third-order valence-corrected chi connectivity index (χ3v) is 4.04. The zero-order valence-corrected chi connectivity index (χ0v) is 12.2. The Kier molecular flexibility index (Phi) is 3.89. The van der Waals surface area contributed by atoms with Crippen LogP contribution in [-0.4, -0.2) is 34.2 Å². The van der Waals surface area contributed by atoms with Crippen LogP contribution >= 0.6 is 0 Å². The molecule has 0 aliphatic heterocycles. The molecular weight excluding hydrogens is 258 g/mol. The molecule has 0 unspecified atom stereocenters. The molecule has 0 atom stereocenters. The third-order valence-electron chi connectivity index (χ3n) is 4.04. The summed E-state index contributed by atoms with van der Waals surface area (Å²) in [6, 6.07) is 7.93. The molecule has 1 aliphatic rings. The predicted octanol–water partition coefficient (Wildman–Crippen LogP) is 2.25. The van der Waals surface area contributed by atoms with Crippen LogP contribution in [0, 0.1) is 11.3 Å². The molecule has 5 heteroatoms. The molecule has 0 aromatic heterocycles. The molecule has 1 saturated carbocycles. The molecule has 108 valence electrons. The lowest BCUT2D eigenvalue weighted by Gasteiger charge is -2.50. The van der Waals surface area contributed by atoms with E-state index in [1.807, 2.05) is 18.2 Å². The molecule has 5 nitrogen and oxygen atoms in total. The second-order valence-electron chi connectivity index (χ2n) is 4.94. The minimum absolute atomic E-state index is 0.499. The third kappa shape index (κ3) is 2.11. The van der Waals surface area contributed by atoms with Gasteiger partial charge in [-0.05, 0) is 17.7 Å². The van der Waals surface area contributed by atoms with Crippen LogP contribution < -0.4 is 9.47 Å². The van der Waals surface area contributed by atoms with Crippen molar-refractivity contribution in [2.45, 2.75) is 24.0 Å². The van der Waals surface area contributed by atoms with Gasteiger partial charge in [-0.1, -0.05) is 6.07 Å². The fraction of sp³-hybridized carbons (Fsp3) is 0.533. The summed E-state index contributed by atoms with van der Waals surface area (Å²) in [5.41, 5.74) is 0.286. The van der Waals surface area contributed by atoms with Gasteiger partial charge in [0, 0.05) is 27.1 Å². The predicted molar refractivity (Wildman–Crippen MR) is 72.8 cm³/mol. The fourth-order valence-electron chi connectivity index (χ4n) is 2.72. The monoisotopic (exact) mass is 277 g/mol. The van der Waals surface area contributed by atoms with Crippen molar-refractivity contribution in [2.24, 2.45) is 0 Å². The van der Waals surface area contributed by atoms with Crippen LogP contribution in [0.3, 0.4) is 0 Å². The zero-order valence-electron chi connectivity index (χ0n) is 12.2. The van der Waals surface area contributed by atoms with Crippen molar-refractivity contribution >= 4 is 0 Å². The molecule has 1 aromatic rings. The van der Waals surface area contributed by atoms with Crippen LogP contribution in [0.15, 0.2) is 18.2 Å². The van der Waals surface area contributed by atoms with E-state index in [9.17, 15) is 5.26 Å². The van der Waals surface area contributed by atoms with Gasteiger partial charge in [-0.3, -0.25) is 0 Å². The number of nitriles is 1. The van der Waals surface area contributed by atoms with Gasteiger partial charge in [0.05, 0.1) is 25.7 Å². The topological polar surface area (TPSA) is 60.7 Å². The van der Waals surface area contributed by atoms with Crippen molar-refractivity contribution in [3.8, 4) is 17.6 Å². The maximum absolute atomic E-state index is 9.57. The molecule has 2 rings (SSSR count). The van der Waals surface area contributed by atoms with Gasteiger partial charge >= 0.3 is 0 Å². The molecule has 0 spiro atoms. The van der Waals surface area contributed by atoms with E-state index in [0.717, 1.165) is 5.56 Å². The molecule has 1 aliphatic carbocycles. The van der Waals surface area contributed by atoms with Crippen LogP contribution in [0.1, 0.15) is 18.4 Å². The summed E-state index contributed by atoms with van der Waals surface area (Å²) in [5, 5.41) is 9.57. The first kappa shape index (κ1) is 14.6. The second kappa shape index (κ2) is 5.31. The van der Waals surface area contributed by atoms with E-state index < -0.39 is 11.2 Å². The Labute approximate surface area is 119 Å². The van der Waals surface area contributed by atoms with Gasteiger partial charge < -0.3 is 18.9 Å². The Morgan fingerprint density at radius 2 is 1.60 bits per heavy atom. The lowest BCUT2D eigenvalue weighted by atomic mass is 9.61. The Hall–Kier alpha value is -1.77. The smallest absolute Gasteiger partial charge is 0.171 e. The molecule has 20 heavy (non-hydrogen) atoms. The van der Waals surface area contributed by atoms with Crippen molar-refractivity contribution in [1.82, 2.24) is 0 Å². The number of rotatable bonds is 5. The highest BCUT2D eigenvalue weighted by Crippen LogP contribution is 2.53. The SMILES string of the molecule is COc1ccc(C2(C#N)CC(OC)(OC)C2)cc1OC. The first-order valence-corrected chi connectivity index (χ1v) is 6.33. The summed E-state index contributed by atoms with van der Waals surface area (Å²) in [4.78, 5) is 0. The molecule has 0 bridgehead atoms. The van der Waals surface area contributed by atoms with Gasteiger partial charge in [0.1, 0.15) is 0 Å². The number of nitrogens with zero attached hydrogens (tertiary/aromatic N) is 1. The van der Waals surface area contributed by atoms with Gasteiger partial charge in [-0.2, -0.15) is 5.26 Å². The highest BCUT2D eigenvalue weighted by atomic mass is 16.7. The van der Waals surface area contributed by atoms with Gasteiger partial charge in [-0.25, -0.2) is 0 Å². The van der Waals surface area contributed by atoms with E-state index >= 15 is 0 Å². The molecular formula is C15H19NO4. The Morgan fingerprint density at radius 1 is 1.00 bits per heavy atom. The number of methoxy groups -OCH3 is 4. The van der Waals surface area contributed by atoms with Gasteiger partial charge in [0.15, 0.2) is 17.3 Å². The maximum atomic E-state index is 9.57. The van der Waals surface area contributed by atoms with Crippen molar-refractivity contribution in [3.05, 3.63) is 23.8 Å². The summed E-state index contributed by atoms with van der Waals surface area (Å²) >= 11 is 0. The molecule has 0 radical (unpaired) electrons. The minimum Gasteiger partial charge on any atom is -0.493 e. The van der Waals surface area contributed by atoms with E-state index in [1.165, 1.54) is 0 Å². The number of hydrogen-bond donors (Lipinski definition) is 0. The van der Waals surface area contributed by atoms with Crippen LogP contribution in [0.4, 0.5) is 0 Å². The molecule has 0 heterocycles. The average Bonchev–Trinajstić information content (AvgIpc) is 2.47. The summed E-state index contributed by atoms with van der Waals surface area (Å²) in [7, 11) is 6.36. The molecule has 1 fully saturated rings. The first-order chi connectivity index (χ1) is 9.58. The number of benzene rings is 1. The summed E-state index contributed by atoms with van der Waals surface area (Å²) < 4.78 is 21.3. The lowest BCUT2D eigenvalue weighted by Crippen LogP contribution is -2.56.